The number of ether oxygens (including phenoxy) is 1. The minimum atomic E-state index is -0.491. The second kappa shape index (κ2) is 10.8. The zero-order valence-corrected chi connectivity index (χ0v) is 18.1. The molecule has 0 aliphatic rings. The van der Waals surface area contributed by atoms with E-state index < -0.39 is 6.09 Å². The van der Waals surface area contributed by atoms with E-state index in [4.69, 9.17) is 4.99 Å². The van der Waals surface area contributed by atoms with Crippen molar-refractivity contribution in [3.8, 4) is 11.3 Å². The summed E-state index contributed by atoms with van der Waals surface area (Å²) in [5, 5.41) is 5.95. The number of methoxy groups -OCH3 is 1. The molecule has 1 amide bonds. The first-order chi connectivity index (χ1) is 15.1. The molecule has 0 radical (unpaired) electrons. The standard InChI is InChI=1S/C23H28N6O2/c1-4-24-22(26-14-17-10-12-19(13-11-17)27-23(30)31-3)29(2)16-21-25-15-20(28-21)18-8-6-5-7-9-18/h5-13,15H,4,14,16H2,1-3H3,(H,24,26)(H,25,28)(H,27,30). The molecule has 162 valence electrons. The fourth-order valence-corrected chi connectivity index (χ4v) is 3.00. The summed E-state index contributed by atoms with van der Waals surface area (Å²) in [5.41, 5.74) is 3.81. The van der Waals surface area contributed by atoms with Crippen LogP contribution in [0.2, 0.25) is 0 Å². The van der Waals surface area contributed by atoms with Gasteiger partial charge in [0.05, 0.1) is 32.1 Å². The van der Waals surface area contributed by atoms with Crippen LogP contribution in [0, 0.1) is 0 Å². The number of carbonyl (C=O) groups is 1. The highest BCUT2D eigenvalue weighted by molar-refractivity contribution is 5.84. The predicted molar refractivity (Wildman–Crippen MR) is 123 cm³/mol. The number of aromatic nitrogens is 2. The highest BCUT2D eigenvalue weighted by Gasteiger charge is 2.10. The van der Waals surface area contributed by atoms with E-state index in [0.29, 0.717) is 18.8 Å². The van der Waals surface area contributed by atoms with Gasteiger partial charge in [-0.1, -0.05) is 42.5 Å². The molecule has 0 spiro atoms. The molecule has 3 aromatic rings. The van der Waals surface area contributed by atoms with Crippen molar-refractivity contribution in [3.05, 3.63) is 72.2 Å². The summed E-state index contributed by atoms with van der Waals surface area (Å²) in [6, 6.07) is 17.6. The first-order valence-corrected chi connectivity index (χ1v) is 10.1. The van der Waals surface area contributed by atoms with Crippen molar-refractivity contribution in [1.29, 1.82) is 0 Å². The molecule has 8 heteroatoms. The molecule has 0 fully saturated rings. The Kier molecular flexibility index (Phi) is 7.64. The smallest absolute Gasteiger partial charge is 0.411 e. The topological polar surface area (TPSA) is 94.6 Å². The zero-order valence-electron chi connectivity index (χ0n) is 18.1. The third-order valence-corrected chi connectivity index (χ3v) is 4.59. The van der Waals surface area contributed by atoms with E-state index in [1.165, 1.54) is 7.11 Å². The number of aliphatic imine (C=N–C) groups is 1. The number of carbonyl (C=O) groups excluding carboxylic acids is 1. The average Bonchev–Trinajstić information content (AvgIpc) is 3.26. The zero-order chi connectivity index (χ0) is 22.1. The van der Waals surface area contributed by atoms with E-state index in [9.17, 15) is 4.79 Å². The van der Waals surface area contributed by atoms with Crippen LogP contribution in [0.5, 0.6) is 0 Å². The third-order valence-electron chi connectivity index (χ3n) is 4.59. The van der Waals surface area contributed by atoms with Gasteiger partial charge in [-0.2, -0.15) is 0 Å². The molecule has 31 heavy (non-hydrogen) atoms. The van der Waals surface area contributed by atoms with Gasteiger partial charge in [-0.25, -0.2) is 14.8 Å². The number of benzene rings is 2. The Morgan fingerprint density at radius 2 is 1.90 bits per heavy atom. The summed E-state index contributed by atoms with van der Waals surface area (Å²) in [5.74, 6) is 1.65. The average molecular weight is 421 g/mol. The molecule has 0 aliphatic heterocycles. The van der Waals surface area contributed by atoms with Crippen LogP contribution in [0.4, 0.5) is 10.5 Å². The van der Waals surface area contributed by atoms with Crippen LogP contribution in [0.15, 0.2) is 65.8 Å². The molecule has 0 saturated heterocycles. The maximum Gasteiger partial charge on any atom is 0.411 e. The minimum absolute atomic E-state index is 0.491. The van der Waals surface area contributed by atoms with Gasteiger partial charge in [0, 0.05) is 19.3 Å². The molecule has 0 bridgehead atoms. The molecule has 0 aliphatic carbocycles. The van der Waals surface area contributed by atoms with Gasteiger partial charge in [0.1, 0.15) is 5.82 Å². The van der Waals surface area contributed by atoms with E-state index in [-0.39, 0.29) is 0 Å². The number of rotatable bonds is 7. The maximum absolute atomic E-state index is 11.3. The Hall–Kier alpha value is -3.81. The molecule has 3 N–H and O–H groups in total. The molecule has 8 nitrogen and oxygen atoms in total. The highest BCUT2D eigenvalue weighted by Crippen LogP contribution is 2.16. The SMILES string of the molecule is CCNC(=NCc1ccc(NC(=O)OC)cc1)N(C)Cc1ncc(-c2ccccc2)[nH]1. The number of hydrogen-bond acceptors (Lipinski definition) is 4. The van der Waals surface area contributed by atoms with Crippen molar-refractivity contribution < 1.29 is 9.53 Å². The number of amides is 1. The maximum atomic E-state index is 11.3. The summed E-state index contributed by atoms with van der Waals surface area (Å²) in [7, 11) is 3.32. The van der Waals surface area contributed by atoms with Crippen LogP contribution in [-0.2, 0) is 17.8 Å². The van der Waals surface area contributed by atoms with Crippen LogP contribution in [0.3, 0.4) is 0 Å². The summed E-state index contributed by atoms with van der Waals surface area (Å²) in [6.07, 6.45) is 1.36. The van der Waals surface area contributed by atoms with Crippen molar-refractivity contribution in [2.75, 3.05) is 26.0 Å². The van der Waals surface area contributed by atoms with Crippen molar-refractivity contribution in [3.63, 3.8) is 0 Å². The first kappa shape index (κ1) is 21.9. The van der Waals surface area contributed by atoms with Gasteiger partial charge in [0.15, 0.2) is 5.96 Å². The second-order valence-electron chi connectivity index (χ2n) is 6.95. The fourth-order valence-electron chi connectivity index (χ4n) is 3.00. The summed E-state index contributed by atoms with van der Waals surface area (Å²) in [6.45, 7) is 3.91. The number of H-pyrrole nitrogens is 1. The summed E-state index contributed by atoms with van der Waals surface area (Å²) in [4.78, 5) is 25.9. The fraction of sp³-hybridized carbons (Fsp3) is 0.261. The number of anilines is 1. The van der Waals surface area contributed by atoms with Crippen LogP contribution < -0.4 is 10.6 Å². The van der Waals surface area contributed by atoms with Crippen LogP contribution in [-0.4, -0.2) is 47.6 Å². The third kappa shape index (κ3) is 6.33. The van der Waals surface area contributed by atoms with Crippen molar-refractivity contribution in [1.82, 2.24) is 20.2 Å². The van der Waals surface area contributed by atoms with Gasteiger partial charge in [-0.15, -0.1) is 0 Å². The Morgan fingerprint density at radius 1 is 1.16 bits per heavy atom. The predicted octanol–water partition coefficient (Wildman–Crippen LogP) is 3.85. The molecular weight excluding hydrogens is 392 g/mol. The minimum Gasteiger partial charge on any atom is -0.453 e. The van der Waals surface area contributed by atoms with E-state index in [1.807, 2.05) is 67.5 Å². The molecule has 0 unspecified atom stereocenters. The monoisotopic (exact) mass is 420 g/mol. The van der Waals surface area contributed by atoms with Crippen LogP contribution in [0.1, 0.15) is 18.3 Å². The molecule has 1 heterocycles. The Labute approximate surface area is 182 Å². The summed E-state index contributed by atoms with van der Waals surface area (Å²) < 4.78 is 4.60. The van der Waals surface area contributed by atoms with Gasteiger partial charge < -0.3 is 19.9 Å². The van der Waals surface area contributed by atoms with Gasteiger partial charge in [0.25, 0.3) is 0 Å². The number of hydrogen-bond donors (Lipinski definition) is 3. The number of aromatic amines is 1. The van der Waals surface area contributed by atoms with Gasteiger partial charge in [-0.3, -0.25) is 5.32 Å². The van der Waals surface area contributed by atoms with Crippen molar-refractivity contribution in [2.45, 2.75) is 20.0 Å². The Morgan fingerprint density at radius 3 is 2.58 bits per heavy atom. The highest BCUT2D eigenvalue weighted by atomic mass is 16.5. The summed E-state index contributed by atoms with van der Waals surface area (Å²) >= 11 is 0. The second-order valence-corrected chi connectivity index (χ2v) is 6.95. The lowest BCUT2D eigenvalue weighted by atomic mass is 10.2. The lowest BCUT2D eigenvalue weighted by Gasteiger charge is -2.21. The van der Waals surface area contributed by atoms with Crippen LogP contribution in [0.25, 0.3) is 11.3 Å². The molecular formula is C23H28N6O2. The normalized spacial score (nSPS) is 11.1. The number of nitrogens with one attached hydrogen (secondary N) is 3. The van der Waals surface area contributed by atoms with E-state index in [2.05, 4.69) is 37.5 Å². The van der Waals surface area contributed by atoms with Gasteiger partial charge in [0.2, 0.25) is 0 Å². The van der Waals surface area contributed by atoms with Gasteiger partial charge >= 0.3 is 6.09 Å². The largest absolute Gasteiger partial charge is 0.453 e. The molecule has 2 aromatic carbocycles. The lowest BCUT2D eigenvalue weighted by Crippen LogP contribution is -2.38. The first-order valence-electron chi connectivity index (χ1n) is 10.1. The number of guanidine groups is 1. The molecule has 0 atom stereocenters. The molecule has 0 saturated carbocycles. The van der Waals surface area contributed by atoms with E-state index in [0.717, 1.165) is 35.1 Å². The van der Waals surface area contributed by atoms with Gasteiger partial charge in [-0.05, 0) is 30.2 Å². The number of imidazole rings is 1. The van der Waals surface area contributed by atoms with E-state index in [1.54, 1.807) is 0 Å². The molecule has 1 aromatic heterocycles. The quantitative estimate of drug-likeness (QED) is 0.399. The Balaban J connectivity index is 1.63. The van der Waals surface area contributed by atoms with Crippen molar-refractivity contribution in [2.24, 2.45) is 4.99 Å². The van der Waals surface area contributed by atoms with E-state index >= 15 is 0 Å². The molecule has 3 rings (SSSR count). The van der Waals surface area contributed by atoms with Crippen molar-refractivity contribution >= 4 is 17.7 Å². The number of nitrogens with zero attached hydrogens (tertiary/aromatic N) is 3. The Bertz CT molecular complexity index is 998. The lowest BCUT2D eigenvalue weighted by molar-refractivity contribution is 0.187. The van der Waals surface area contributed by atoms with Crippen LogP contribution >= 0.6 is 0 Å².